The minimum atomic E-state index is -0.239. The van der Waals surface area contributed by atoms with Crippen LogP contribution in [0, 0.1) is 5.82 Å². The second-order valence-electron chi connectivity index (χ2n) is 4.16. The number of hydrogen-bond acceptors (Lipinski definition) is 2. The molecule has 0 aliphatic rings. The van der Waals surface area contributed by atoms with Gasteiger partial charge in [-0.1, -0.05) is 23.7 Å². The van der Waals surface area contributed by atoms with Gasteiger partial charge in [-0.05, 0) is 42.8 Å². The number of nitrogens with two attached hydrogens (primary N) is 1. The summed E-state index contributed by atoms with van der Waals surface area (Å²) in [6, 6.07) is 11.7. The SMILES string of the molecule is CC(Nc1ccc(N)cc1Cl)c1ccc(F)cc1. The molecule has 0 aliphatic carbocycles. The van der Waals surface area contributed by atoms with Crippen LogP contribution in [0.5, 0.6) is 0 Å². The lowest BCUT2D eigenvalue weighted by molar-refractivity contribution is 0.626. The van der Waals surface area contributed by atoms with Gasteiger partial charge in [-0.3, -0.25) is 0 Å². The van der Waals surface area contributed by atoms with Crippen molar-refractivity contribution >= 4 is 23.0 Å². The lowest BCUT2D eigenvalue weighted by atomic mass is 10.1. The van der Waals surface area contributed by atoms with Crippen LogP contribution in [0.25, 0.3) is 0 Å². The van der Waals surface area contributed by atoms with E-state index >= 15 is 0 Å². The molecule has 0 heterocycles. The highest BCUT2D eigenvalue weighted by Gasteiger charge is 2.07. The molecule has 1 atom stereocenters. The van der Waals surface area contributed by atoms with Crippen molar-refractivity contribution in [3.8, 4) is 0 Å². The summed E-state index contributed by atoms with van der Waals surface area (Å²) in [5.41, 5.74) is 8.06. The van der Waals surface area contributed by atoms with E-state index in [1.807, 2.05) is 13.0 Å². The maximum atomic E-state index is 12.8. The number of anilines is 2. The van der Waals surface area contributed by atoms with Gasteiger partial charge in [0, 0.05) is 11.7 Å². The molecule has 0 amide bonds. The highest BCUT2D eigenvalue weighted by Crippen LogP contribution is 2.27. The molecule has 0 saturated heterocycles. The number of nitrogen functional groups attached to an aromatic ring is 1. The molecular weight excluding hydrogens is 251 g/mol. The molecule has 0 radical (unpaired) electrons. The summed E-state index contributed by atoms with van der Waals surface area (Å²) in [6.07, 6.45) is 0. The van der Waals surface area contributed by atoms with E-state index in [0.29, 0.717) is 10.7 Å². The van der Waals surface area contributed by atoms with Crippen molar-refractivity contribution in [1.82, 2.24) is 0 Å². The van der Waals surface area contributed by atoms with Gasteiger partial charge in [0.15, 0.2) is 0 Å². The zero-order chi connectivity index (χ0) is 13.1. The Labute approximate surface area is 111 Å². The van der Waals surface area contributed by atoms with Crippen molar-refractivity contribution in [3.63, 3.8) is 0 Å². The number of nitrogens with one attached hydrogen (secondary N) is 1. The zero-order valence-corrected chi connectivity index (χ0v) is 10.7. The molecule has 0 bridgehead atoms. The van der Waals surface area contributed by atoms with Gasteiger partial charge in [0.1, 0.15) is 5.82 Å². The van der Waals surface area contributed by atoms with E-state index in [9.17, 15) is 4.39 Å². The summed E-state index contributed by atoms with van der Waals surface area (Å²) in [7, 11) is 0. The fourth-order valence-electron chi connectivity index (χ4n) is 1.72. The van der Waals surface area contributed by atoms with Crippen molar-refractivity contribution in [3.05, 3.63) is 58.9 Å². The molecule has 2 rings (SSSR count). The molecule has 1 unspecified atom stereocenters. The highest BCUT2D eigenvalue weighted by molar-refractivity contribution is 6.33. The van der Waals surface area contributed by atoms with Crippen molar-refractivity contribution in [1.29, 1.82) is 0 Å². The molecule has 2 aromatic rings. The first-order valence-electron chi connectivity index (χ1n) is 5.63. The Morgan fingerprint density at radius 3 is 2.44 bits per heavy atom. The van der Waals surface area contributed by atoms with Gasteiger partial charge in [0.25, 0.3) is 0 Å². The molecule has 94 valence electrons. The molecule has 0 fully saturated rings. The van der Waals surface area contributed by atoms with Crippen LogP contribution >= 0.6 is 11.6 Å². The summed E-state index contributed by atoms with van der Waals surface area (Å²) in [4.78, 5) is 0. The maximum Gasteiger partial charge on any atom is 0.123 e. The van der Waals surface area contributed by atoms with Crippen molar-refractivity contribution in [2.24, 2.45) is 0 Å². The maximum absolute atomic E-state index is 12.8. The molecule has 3 N–H and O–H groups in total. The van der Waals surface area contributed by atoms with Gasteiger partial charge in [0.2, 0.25) is 0 Å². The first-order valence-corrected chi connectivity index (χ1v) is 6.01. The first kappa shape index (κ1) is 12.7. The standard InChI is InChI=1S/C14H14ClFN2/c1-9(10-2-4-11(16)5-3-10)18-14-7-6-12(17)8-13(14)15/h2-9,18H,17H2,1H3. The number of halogens is 2. The van der Waals surface area contributed by atoms with E-state index in [4.69, 9.17) is 17.3 Å². The van der Waals surface area contributed by atoms with Gasteiger partial charge < -0.3 is 11.1 Å². The number of hydrogen-bond donors (Lipinski definition) is 2. The van der Waals surface area contributed by atoms with E-state index in [2.05, 4.69) is 5.32 Å². The molecule has 4 heteroatoms. The molecule has 18 heavy (non-hydrogen) atoms. The molecular formula is C14H14ClFN2. The zero-order valence-electron chi connectivity index (χ0n) is 9.95. The van der Waals surface area contributed by atoms with Gasteiger partial charge in [-0.2, -0.15) is 0 Å². The van der Waals surface area contributed by atoms with Gasteiger partial charge >= 0.3 is 0 Å². The molecule has 0 aromatic heterocycles. The van der Waals surface area contributed by atoms with Crippen LogP contribution < -0.4 is 11.1 Å². The molecule has 2 nitrogen and oxygen atoms in total. The third-order valence-electron chi connectivity index (χ3n) is 2.74. The largest absolute Gasteiger partial charge is 0.399 e. The van der Waals surface area contributed by atoms with E-state index < -0.39 is 0 Å². The van der Waals surface area contributed by atoms with Crippen LogP contribution in [0.1, 0.15) is 18.5 Å². The lowest BCUT2D eigenvalue weighted by Crippen LogP contribution is -2.07. The predicted molar refractivity (Wildman–Crippen MR) is 74.3 cm³/mol. The summed E-state index contributed by atoms with van der Waals surface area (Å²) >= 11 is 6.08. The second-order valence-corrected chi connectivity index (χ2v) is 4.56. The van der Waals surface area contributed by atoms with Crippen LogP contribution in [-0.4, -0.2) is 0 Å². The van der Waals surface area contributed by atoms with Gasteiger partial charge in [0.05, 0.1) is 10.7 Å². The monoisotopic (exact) mass is 264 g/mol. The Morgan fingerprint density at radius 2 is 1.83 bits per heavy atom. The van der Waals surface area contributed by atoms with Crippen molar-refractivity contribution in [2.45, 2.75) is 13.0 Å². The fourth-order valence-corrected chi connectivity index (χ4v) is 1.96. The van der Waals surface area contributed by atoms with Crippen LogP contribution in [0.3, 0.4) is 0 Å². The van der Waals surface area contributed by atoms with Crippen LogP contribution in [-0.2, 0) is 0 Å². The minimum absolute atomic E-state index is 0.0340. The van der Waals surface area contributed by atoms with E-state index in [0.717, 1.165) is 11.3 Å². The number of benzene rings is 2. The van der Waals surface area contributed by atoms with Crippen LogP contribution in [0.2, 0.25) is 5.02 Å². The highest BCUT2D eigenvalue weighted by atomic mass is 35.5. The Hall–Kier alpha value is -1.74. The van der Waals surface area contributed by atoms with E-state index in [1.165, 1.54) is 12.1 Å². The predicted octanol–water partition coefficient (Wildman–Crippen LogP) is 4.23. The smallest absolute Gasteiger partial charge is 0.123 e. The third kappa shape index (κ3) is 2.93. The Balaban J connectivity index is 2.15. The molecule has 2 aromatic carbocycles. The minimum Gasteiger partial charge on any atom is -0.399 e. The normalized spacial score (nSPS) is 12.2. The summed E-state index contributed by atoms with van der Waals surface area (Å²) in [5, 5.41) is 3.84. The van der Waals surface area contributed by atoms with E-state index in [1.54, 1.807) is 24.3 Å². The Kier molecular flexibility index (Phi) is 3.72. The molecule has 0 saturated carbocycles. The summed E-state index contributed by atoms with van der Waals surface area (Å²) in [6.45, 7) is 1.99. The average molecular weight is 265 g/mol. The second kappa shape index (κ2) is 5.27. The van der Waals surface area contributed by atoms with Gasteiger partial charge in [-0.25, -0.2) is 4.39 Å². The van der Waals surface area contributed by atoms with Crippen molar-refractivity contribution in [2.75, 3.05) is 11.1 Å². The summed E-state index contributed by atoms with van der Waals surface area (Å²) < 4.78 is 12.8. The lowest BCUT2D eigenvalue weighted by Gasteiger charge is -2.17. The molecule has 0 spiro atoms. The average Bonchev–Trinajstić information content (AvgIpc) is 2.33. The summed E-state index contributed by atoms with van der Waals surface area (Å²) in [5.74, 6) is -0.239. The quantitative estimate of drug-likeness (QED) is 0.814. The topological polar surface area (TPSA) is 38.0 Å². The van der Waals surface area contributed by atoms with Gasteiger partial charge in [-0.15, -0.1) is 0 Å². The Bertz CT molecular complexity index is 540. The van der Waals surface area contributed by atoms with Crippen LogP contribution in [0.15, 0.2) is 42.5 Å². The third-order valence-corrected chi connectivity index (χ3v) is 3.05. The molecule has 0 aliphatic heterocycles. The number of rotatable bonds is 3. The van der Waals surface area contributed by atoms with Crippen molar-refractivity contribution < 1.29 is 4.39 Å². The Morgan fingerprint density at radius 1 is 1.17 bits per heavy atom. The fraction of sp³-hybridized carbons (Fsp3) is 0.143. The first-order chi connectivity index (χ1) is 8.56. The van der Waals surface area contributed by atoms with Crippen LogP contribution in [0.4, 0.5) is 15.8 Å². The van der Waals surface area contributed by atoms with E-state index in [-0.39, 0.29) is 11.9 Å².